The van der Waals surface area contributed by atoms with Gasteiger partial charge in [-0.1, -0.05) is 0 Å². The van der Waals surface area contributed by atoms with E-state index in [1.165, 1.54) is 0 Å². The molecule has 0 aromatic carbocycles. The van der Waals surface area contributed by atoms with Crippen LogP contribution in [0.15, 0.2) is 17.1 Å². The number of piperidine rings is 1. The van der Waals surface area contributed by atoms with Gasteiger partial charge in [-0.25, -0.2) is 4.52 Å². The summed E-state index contributed by atoms with van der Waals surface area (Å²) in [6.07, 6.45) is 6.63. The van der Waals surface area contributed by atoms with E-state index in [0.717, 1.165) is 50.9 Å². The van der Waals surface area contributed by atoms with Crippen molar-refractivity contribution in [1.29, 1.82) is 0 Å². The number of hydrogen-bond acceptors (Lipinski definition) is 4. The second kappa shape index (κ2) is 6.80. The number of nitrogens with zero attached hydrogens (tertiary/aromatic N) is 2. The maximum Gasteiger partial charge on any atom is 0.257 e. The smallest absolute Gasteiger partial charge is 0.257 e. The van der Waals surface area contributed by atoms with Crippen molar-refractivity contribution >= 4 is 24.0 Å². The number of aromatic amines is 1. The Morgan fingerprint density at radius 2 is 2.08 bits per heavy atom. The molecule has 25 heavy (non-hydrogen) atoms. The third-order valence-electron chi connectivity index (χ3n) is 5.41. The Morgan fingerprint density at radius 1 is 1.36 bits per heavy atom. The number of H-pyrrole nitrogens is 1. The van der Waals surface area contributed by atoms with Gasteiger partial charge in [-0.05, 0) is 52.1 Å². The lowest BCUT2D eigenvalue weighted by Gasteiger charge is -2.39. The maximum atomic E-state index is 12.6. The van der Waals surface area contributed by atoms with Crippen molar-refractivity contribution in [2.75, 3.05) is 13.1 Å². The molecule has 8 heteroatoms. The van der Waals surface area contributed by atoms with Crippen LogP contribution in [0.2, 0.25) is 0 Å². The highest BCUT2D eigenvalue weighted by molar-refractivity contribution is 6.00. The Morgan fingerprint density at radius 3 is 2.72 bits per heavy atom. The van der Waals surface area contributed by atoms with Crippen molar-refractivity contribution in [3.05, 3.63) is 33.9 Å². The number of halogens is 1. The van der Waals surface area contributed by atoms with Gasteiger partial charge in [0.2, 0.25) is 0 Å². The van der Waals surface area contributed by atoms with E-state index in [9.17, 15) is 9.59 Å². The van der Waals surface area contributed by atoms with Crippen LogP contribution in [0.4, 0.5) is 0 Å². The minimum Gasteiger partial charge on any atom is -0.347 e. The van der Waals surface area contributed by atoms with E-state index in [1.807, 2.05) is 0 Å². The molecule has 1 aliphatic carbocycles. The standard InChI is InChI=1S/C17H23N5O2.ClH/c1-17(5-2-6-17)21-16(24)12-10-19-22-13(9-14(23)20-15(12)22)11-3-7-18-8-4-11;/h9-11,18H,2-8H2,1H3,(H,20,23)(H,21,24);1H. The summed E-state index contributed by atoms with van der Waals surface area (Å²) in [5.41, 5.74) is 1.52. The Balaban J connectivity index is 0.00000182. The molecule has 0 unspecified atom stereocenters. The van der Waals surface area contributed by atoms with Crippen molar-refractivity contribution in [3.63, 3.8) is 0 Å². The van der Waals surface area contributed by atoms with Crippen molar-refractivity contribution in [2.45, 2.75) is 50.5 Å². The third kappa shape index (κ3) is 3.30. The van der Waals surface area contributed by atoms with Gasteiger partial charge in [0.1, 0.15) is 11.2 Å². The quantitative estimate of drug-likeness (QED) is 0.770. The number of aromatic nitrogens is 3. The van der Waals surface area contributed by atoms with Crippen LogP contribution in [-0.2, 0) is 0 Å². The summed E-state index contributed by atoms with van der Waals surface area (Å²) in [6.45, 7) is 3.93. The van der Waals surface area contributed by atoms with Crippen LogP contribution in [0.5, 0.6) is 0 Å². The van der Waals surface area contributed by atoms with E-state index in [4.69, 9.17) is 0 Å². The zero-order valence-corrected chi connectivity index (χ0v) is 15.1. The molecule has 3 heterocycles. The fourth-order valence-electron chi connectivity index (χ4n) is 3.76. The van der Waals surface area contributed by atoms with E-state index >= 15 is 0 Å². The van der Waals surface area contributed by atoms with Crippen LogP contribution in [0, 0.1) is 0 Å². The molecular weight excluding hydrogens is 342 g/mol. The van der Waals surface area contributed by atoms with Gasteiger partial charge in [-0.2, -0.15) is 5.10 Å². The molecule has 7 nitrogen and oxygen atoms in total. The van der Waals surface area contributed by atoms with Crippen molar-refractivity contribution in [2.24, 2.45) is 0 Å². The van der Waals surface area contributed by atoms with Gasteiger partial charge in [0, 0.05) is 17.5 Å². The lowest BCUT2D eigenvalue weighted by Crippen LogP contribution is -2.50. The van der Waals surface area contributed by atoms with Crippen LogP contribution in [0.3, 0.4) is 0 Å². The van der Waals surface area contributed by atoms with Crippen molar-refractivity contribution < 1.29 is 4.79 Å². The summed E-state index contributed by atoms with van der Waals surface area (Å²) >= 11 is 0. The van der Waals surface area contributed by atoms with Gasteiger partial charge < -0.3 is 15.6 Å². The Hall–Kier alpha value is -1.86. The maximum absolute atomic E-state index is 12.6. The van der Waals surface area contributed by atoms with Gasteiger partial charge in [-0.3, -0.25) is 9.59 Å². The molecule has 2 aromatic heterocycles. The number of carbonyl (C=O) groups excluding carboxylic acids is 1. The van der Waals surface area contributed by atoms with Crippen LogP contribution < -0.4 is 16.2 Å². The first-order valence-corrected chi connectivity index (χ1v) is 8.70. The Labute approximate surface area is 152 Å². The van der Waals surface area contributed by atoms with E-state index in [0.29, 0.717) is 11.2 Å². The predicted molar refractivity (Wildman–Crippen MR) is 97.6 cm³/mol. The number of rotatable bonds is 3. The van der Waals surface area contributed by atoms with E-state index in [-0.39, 0.29) is 35.3 Å². The first kappa shape index (κ1) is 17.9. The summed E-state index contributed by atoms with van der Waals surface area (Å²) in [6, 6.07) is 1.62. The fraction of sp³-hybridized carbons (Fsp3) is 0.588. The van der Waals surface area contributed by atoms with Gasteiger partial charge >= 0.3 is 0 Å². The summed E-state index contributed by atoms with van der Waals surface area (Å²) in [4.78, 5) is 27.5. The zero-order valence-electron chi connectivity index (χ0n) is 14.3. The number of fused-ring (bicyclic) bond motifs is 1. The lowest BCUT2D eigenvalue weighted by molar-refractivity contribution is 0.0852. The molecule has 2 aliphatic rings. The molecule has 4 rings (SSSR count). The number of hydrogen-bond donors (Lipinski definition) is 3. The van der Waals surface area contributed by atoms with Crippen LogP contribution in [0.1, 0.15) is 61.0 Å². The highest BCUT2D eigenvalue weighted by Crippen LogP contribution is 2.31. The molecule has 1 aliphatic heterocycles. The topological polar surface area (TPSA) is 91.3 Å². The first-order valence-electron chi connectivity index (χ1n) is 8.70. The average Bonchev–Trinajstić information content (AvgIpc) is 2.97. The van der Waals surface area contributed by atoms with Gasteiger partial charge in [0.15, 0.2) is 0 Å². The molecule has 2 fully saturated rings. The van der Waals surface area contributed by atoms with Crippen LogP contribution >= 0.6 is 12.4 Å². The molecule has 3 N–H and O–H groups in total. The van der Waals surface area contributed by atoms with Gasteiger partial charge in [-0.15, -0.1) is 12.4 Å². The molecule has 0 spiro atoms. The van der Waals surface area contributed by atoms with E-state index < -0.39 is 0 Å². The Kier molecular flexibility index (Phi) is 4.88. The lowest BCUT2D eigenvalue weighted by atomic mass is 9.78. The number of nitrogens with one attached hydrogen (secondary N) is 3. The molecule has 0 bridgehead atoms. The second-order valence-corrected chi connectivity index (χ2v) is 7.27. The number of carbonyl (C=O) groups is 1. The minimum atomic E-state index is -0.180. The number of amides is 1. The molecular formula is C17H24ClN5O2. The van der Waals surface area contributed by atoms with Gasteiger partial charge in [0.05, 0.1) is 11.9 Å². The van der Waals surface area contributed by atoms with E-state index in [2.05, 4.69) is 27.6 Å². The third-order valence-corrected chi connectivity index (χ3v) is 5.41. The fourth-order valence-corrected chi connectivity index (χ4v) is 3.76. The summed E-state index contributed by atoms with van der Waals surface area (Å²) < 4.78 is 1.73. The first-order chi connectivity index (χ1) is 11.6. The zero-order chi connectivity index (χ0) is 16.7. The average molecular weight is 366 g/mol. The molecule has 1 amide bonds. The SMILES string of the molecule is CC1(NC(=O)c2cnn3c(C4CCNCC4)cc(=O)[nH]c23)CCC1.Cl. The van der Waals surface area contributed by atoms with Crippen LogP contribution in [-0.4, -0.2) is 39.1 Å². The molecule has 0 atom stereocenters. The predicted octanol–water partition coefficient (Wildman–Crippen LogP) is 1.58. The molecule has 136 valence electrons. The molecule has 2 aromatic rings. The molecule has 1 saturated heterocycles. The van der Waals surface area contributed by atoms with E-state index in [1.54, 1.807) is 16.8 Å². The Bertz CT molecular complexity index is 833. The summed E-state index contributed by atoms with van der Waals surface area (Å²) in [7, 11) is 0. The van der Waals surface area contributed by atoms with Crippen LogP contribution in [0.25, 0.3) is 5.65 Å². The molecule has 1 saturated carbocycles. The normalized spacial score (nSPS) is 19.9. The largest absolute Gasteiger partial charge is 0.347 e. The van der Waals surface area contributed by atoms with Gasteiger partial charge in [0.25, 0.3) is 11.5 Å². The monoisotopic (exact) mass is 365 g/mol. The highest BCUT2D eigenvalue weighted by Gasteiger charge is 2.34. The minimum absolute atomic E-state index is 0. The van der Waals surface area contributed by atoms with Crippen molar-refractivity contribution in [1.82, 2.24) is 25.2 Å². The second-order valence-electron chi connectivity index (χ2n) is 7.27. The summed E-state index contributed by atoms with van der Waals surface area (Å²) in [5, 5.41) is 10.8. The van der Waals surface area contributed by atoms with Crippen molar-refractivity contribution in [3.8, 4) is 0 Å². The highest BCUT2D eigenvalue weighted by atomic mass is 35.5. The summed E-state index contributed by atoms with van der Waals surface area (Å²) in [5.74, 6) is 0.126. The molecule has 0 radical (unpaired) electrons.